The van der Waals surface area contributed by atoms with Crippen LogP contribution in [0.5, 0.6) is 0 Å². The van der Waals surface area contributed by atoms with Gasteiger partial charge in [-0.2, -0.15) is 11.8 Å². The van der Waals surface area contributed by atoms with Crippen molar-refractivity contribution in [3.63, 3.8) is 0 Å². The third kappa shape index (κ3) is 3.54. The molecule has 6 heteroatoms. The van der Waals surface area contributed by atoms with E-state index in [1.807, 2.05) is 24.5 Å². The van der Waals surface area contributed by atoms with Gasteiger partial charge in [-0.15, -0.1) is 0 Å². The zero-order valence-corrected chi connectivity index (χ0v) is 14.0. The summed E-state index contributed by atoms with van der Waals surface area (Å²) < 4.78 is 15.2. The van der Waals surface area contributed by atoms with Gasteiger partial charge in [-0.05, 0) is 38.1 Å². The van der Waals surface area contributed by atoms with E-state index >= 15 is 0 Å². The number of aliphatic hydroxyl groups excluding tert-OH is 1. The normalized spacial score (nSPS) is 11.0. The topological polar surface area (TPSA) is 42.2 Å². The van der Waals surface area contributed by atoms with E-state index in [1.54, 1.807) is 12.1 Å². The number of hydrogen-bond donors (Lipinski definition) is 1. The standard InChI is InChI=1S/C16H17ClFNO2S/c1-10-7-13(16(21)9-22-6-5-20)11(2)19(10)12-3-4-15(18)14(17)8-12/h3-4,7-8,20H,5-6,9H2,1-2H3. The number of benzene rings is 1. The Bertz CT molecular complexity index is 700. The van der Waals surface area contributed by atoms with Gasteiger partial charge in [0.2, 0.25) is 0 Å². The molecule has 1 aromatic carbocycles. The number of thioether (sulfide) groups is 1. The molecule has 118 valence electrons. The number of carbonyl (C=O) groups is 1. The van der Waals surface area contributed by atoms with Gasteiger partial charge in [0.05, 0.1) is 17.4 Å². The van der Waals surface area contributed by atoms with Crippen LogP contribution in [-0.4, -0.2) is 33.6 Å². The predicted octanol–water partition coefficient (Wildman–Crippen LogP) is 3.79. The first-order chi connectivity index (χ1) is 10.5. The van der Waals surface area contributed by atoms with Crippen molar-refractivity contribution in [2.45, 2.75) is 13.8 Å². The Morgan fingerprint density at radius 1 is 1.36 bits per heavy atom. The Balaban J connectivity index is 2.34. The fourth-order valence-electron chi connectivity index (χ4n) is 2.37. The number of nitrogens with zero attached hydrogens (tertiary/aromatic N) is 1. The van der Waals surface area contributed by atoms with Crippen LogP contribution in [0.25, 0.3) is 5.69 Å². The molecule has 0 atom stereocenters. The summed E-state index contributed by atoms with van der Waals surface area (Å²) in [5.41, 5.74) is 3.05. The summed E-state index contributed by atoms with van der Waals surface area (Å²) in [6.45, 7) is 3.81. The molecule has 0 amide bonds. The molecular formula is C16H17ClFNO2S. The molecule has 0 aliphatic carbocycles. The Morgan fingerprint density at radius 2 is 2.09 bits per heavy atom. The number of aromatic nitrogens is 1. The van der Waals surface area contributed by atoms with Gasteiger partial charge in [0.15, 0.2) is 5.78 Å². The first-order valence-electron chi connectivity index (χ1n) is 6.82. The van der Waals surface area contributed by atoms with Gasteiger partial charge in [-0.1, -0.05) is 11.6 Å². The van der Waals surface area contributed by atoms with Crippen LogP contribution in [-0.2, 0) is 0 Å². The van der Waals surface area contributed by atoms with E-state index in [-0.39, 0.29) is 17.4 Å². The van der Waals surface area contributed by atoms with Crippen LogP contribution in [0, 0.1) is 19.7 Å². The summed E-state index contributed by atoms with van der Waals surface area (Å²) in [5.74, 6) is 0.420. The van der Waals surface area contributed by atoms with Gasteiger partial charge < -0.3 is 9.67 Å². The largest absolute Gasteiger partial charge is 0.396 e. The highest BCUT2D eigenvalue weighted by molar-refractivity contribution is 8.00. The zero-order chi connectivity index (χ0) is 16.3. The molecule has 2 aromatic rings. The third-order valence-corrected chi connectivity index (χ3v) is 4.59. The highest BCUT2D eigenvalue weighted by Crippen LogP contribution is 2.25. The lowest BCUT2D eigenvalue weighted by Gasteiger charge is -2.10. The van der Waals surface area contributed by atoms with Gasteiger partial charge in [0, 0.05) is 28.4 Å². The first kappa shape index (κ1) is 17.1. The number of rotatable bonds is 6. The van der Waals surface area contributed by atoms with Crippen LogP contribution in [0.1, 0.15) is 21.7 Å². The molecule has 0 unspecified atom stereocenters. The molecule has 2 rings (SSSR count). The van der Waals surface area contributed by atoms with E-state index < -0.39 is 5.82 Å². The van der Waals surface area contributed by atoms with Crippen LogP contribution < -0.4 is 0 Å². The number of carbonyl (C=O) groups excluding carboxylic acids is 1. The summed E-state index contributed by atoms with van der Waals surface area (Å²) in [7, 11) is 0. The van der Waals surface area contributed by atoms with Gasteiger partial charge in [-0.25, -0.2) is 4.39 Å². The zero-order valence-electron chi connectivity index (χ0n) is 12.4. The Hall–Kier alpha value is -1.30. The number of aliphatic hydroxyl groups is 1. The number of hydrogen-bond acceptors (Lipinski definition) is 3. The summed E-state index contributed by atoms with van der Waals surface area (Å²) in [6, 6.07) is 6.32. The lowest BCUT2D eigenvalue weighted by atomic mass is 10.2. The molecule has 0 aliphatic heterocycles. The third-order valence-electron chi connectivity index (χ3n) is 3.36. The summed E-state index contributed by atoms with van der Waals surface area (Å²) in [5, 5.41) is 8.82. The molecule has 0 radical (unpaired) electrons. The minimum atomic E-state index is -0.468. The van der Waals surface area contributed by atoms with Crippen LogP contribution in [0.3, 0.4) is 0 Å². The van der Waals surface area contributed by atoms with Crippen LogP contribution in [0.4, 0.5) is 4.39 Å². The maximum Gasteiger partial charge on any atom is 0.174 e. The van der Waals surface area contributed by atoms with Gasteiger partial charge in [0.25, 0.3) is 0 Å². The van der Waals surface area contributed by atoms with Crippen LogP contribution in [0.15, 0.2) is 24.3 Å². The average molecular weight is 342 g/mol. The lowest BCUT2D eigenvalue weighted by Crippen LogP contribution is -2.06. The van der Waals surface area contributed by atoms with E-state index in [9.17, 15) is 9.18 Å². The maximum absolute atomic E-state index is 13.3. The molecule has 0 aliphatic rings. The second-order valence-electron chi connectivity index (χ2n) is 4.92. The molecular weight excluding hydrogens is 325 g/mol. The number of aryl methyl sites for hydroxylation is 1. The second-order valence-corrected chi connectivity index (χ2v) is 6.43. The minimum absolute atomic E-state index is 0.0195. The quantitative estimate of drug-likeness (QED) is 0.642. The number of ketones is 1. The Labute approximate surface area is 138 Å². The lowest BCUT2D eigenvalue weighted by molar-refractivity contribution is 0.102. The predicted molar refractivity (Wildman–Crippen MR) is 89.0 cm³/mol. The highest BCUT2D eigenvalue weighted by atomic mass is 35.5. The average Bonchev–Trinajstić information content (AvgIpc) is 2.77. The van der Waals surface area contributed by atoms with Crippen molar-refractivity contribution in [3.05, 3.63) is 52.1 Å². The molecule has 0 saturated carbocycles. The van der Waals surface area contributed by atoms with Crippen molar-refractivity contribution in [1.82, 2.24) is 4.57 Å². The molecule has 1 aromatic heterocycles. The maximum atomic E-state index is 13.3. The first-order valence-corrected chi connectivity index (χ1v) is 8.35. The van der Waals surface area contributed by atoms with Crippen molar-refractivity contribution < 1.29 is 14.3 Å². The molecule has 1 heterocycles. The molecule has 0 bridgehead atoms. The van der Waals surface area contributed by atoms with E-state index in [0.29, 0.717) is 17.1 Å². The fourth-order valence-corrected chi connectivity index (χ4v) is 3.16. The molecule has 1 N–H and O–H groups in total. The Kier molecular flexibility index (Phi) is 5.67. The minimum Gasteiger partial charge on any atom is -0.396 e. The number of halogens is 2. The van der Waals surface area contributed by atoms with Crippen molar-refractivity contribution in [2.24, 2.45) is 0 Å². The highest BCUT2D eigenvalue weighted by Gasteiger charge is 2.17. The monoisotopic (exact) mass is 341 g/mol. The second kappa shape index (κ2) is 7.31. The molecule has 22 heavy (non-hydrogen) atoms. The van der Waals surface area contributed by atoms with E-state index in [0.717, 1.165) is 17.1 Å². The van der Waals surface area contributed by atoms with Crippen molar-refractivity contribution in [3.8, 4) is 5.69 Å². The van der Waals surface area contributed by atoms with Gasteiger partial charge in [-0.3, -0.25) is 4.79 Å². The van der Waals surface area contributed by atoms with E-state index in [1.165, 1.54) is 17.8 Å². The summed E-state index contributed by atoms with van der Waals surface area (Å²) >= 11 is 7.24. The summed E-state index contributed by atoms with van der Waals surface area (Å²) in [6.07, 6.45) is 0. The molecule has 0 fully saturated rings. The van der Waals surface area contributed by atoms with Gasteiger partial charge >= 0.3 is 0 Å². The van der Waals surface area contributed by atoms with Crippen molar-refractivity contribution in [2.75, 3.05) is 18.1 Å². The van der Waals surface area contributed by atoms with Crippen LogP contribution >= 0.6 is 23.4 Å². The van der Waals surface area contributed by atoms with E-state index in [4.69, 9.17) is 16.7 Å². The Morgan fingerprint density at radius 3 is 2.73 bits per heavy atom. The molecule has 0 saturated heterocycles. The number of Topliss-reactive ketones (excluding diaryl/α,β-unsaturated/α-hetero) is 1. The van der Waals surface area contributed by atoms with E-state index in [2.05, 4.69) is 0 Å². The molecule has 3 nitrogen and oxygen atoms in total. The smallest absolute Gasteiger partial charge is 0.174 e. The van der Waals surface area contributed by atoms with Gasteiger partial charge in [0.1, 0.15) is 5.82 Å². The van der Waals surface area contributed by atoms with Crippen molar-refractivity contribution >= 4 is 29.1 Å². The van der Waals surface area contributed by atoms with Crippen molar-refractivity contribution in [1.29, 1.82) is 0 Å². The SMILES string of the molecule is Cc1cc(C(=O)CSCCO)c(C)n1-c1ccc(F)c(Cl)c1. The summed E-state index contributed by atoms with van der Waals surface area (Å²) in [4.78, 5) is 12.3. The van der Waals surface area contributed by atoms with Crippen LogP contribution in [0.2, 0.25) is 5.02 Å². The fraction of sp³-hybridized carbons (Fsp3) is 0.312. The molecule has 0 spiro atoms.